The number of nitrogens with one attached hydrogen (secondary N) is 1. The van der Waals surface area contributed by atoms with Crippen LogP contribution in [0.5, 0.6) is 0 Å². The van der Waals surface area contributed by atoms with Gasteiger partial charge in [0.05, 0.1) is 0 Å². The Morgan fingerprint density at radius 3 is 2.76 bits per heavy atom. The third kappa shape index (κ3) is 3.88. The maximum Gasteiger partial charge on any atom is 0.242 e. The van der Waals surface area contributed by atoms with E-state index in [1.807, 2.05) is 18.7 Å². The maximum absolute atomic E-state index is 12.2. The lowest BCUT2D eigenvalue weighted by molar-refractivity contribution is -0.131. The van der Waals surface area contributed by atoms with Gasteiger partial charge in [-0.15, -0.1) is 0 Å². The predicted octanol–water partition coefficient (Wildman–Crippen LogP) is 2.73. The van der Waals surface area contributed by atoms with E-state index in [-0.39, 0.29) is 5.91 Å². The summed E-state index contributed by atoms with van der Waals surface area (Å²) in [5.41, 5.74) is 2.82. The van der Waals surface area contributed by atoms with E-state index in [0.29, 0.717) is 12.6 Å². The number of likely N-dealkylation sites (N-methyl/N-ethyl adjacent to an activating group) is 1. The molecule has 4 heteroatoms. The molecule has 0 spiro atoms. The van der Waals surface area contributed by atoms with E-state index in [9.17, 15) is 4.79 Å². The summed E-state index contributed by atoms with van der Waals surface area (Å²) in [6.07, 6.45) is 9.11. The highest BCUT2D eigenvalue weighted by molar-refractivity contribution is 5.76. The summed E-state index contributed by atoms with van der Waals surface area (Å²) in [7, 11) is 0. The Balaban J connectivity index is 2.06. The highest BCUT2D eigenvalue weighted by Gasteiger charge is 2.22. The van der Waals surface area contributed by atoms with E-state index in [2.05, 4.69) is 29.2 Å². The van der Waals surface area contributed by atoms with E-state index in [4.69, 9.17) is 0 Å². The molecule has 1 N–H and O–H groups in total. The number of hydrogen-bond acceptors (Lipinski definition) is 2. The fourth-order valence-corrected chi connectivity index (χ4v) is 3.20. The van der Waals surface area contributed by atoms with Crippen LogP contribution in [0.2, 0.25) is 0 Å². The first-order valence-corrected chi connectivity index (χ1v) is 8.39. The van der Waals surface area contributed by atoms with Gasteiger partial charge in [0, 0.05) is 31.5 Å². The molecular formula is C17H29N3O. The van der Waals surface area contributed by atoms with Crippen LogP contribution in [0, 0.1) is 0 Å². The first kappa shape index (κ1) is 16.1. The fraction of sp³-hybridized carbons (Fsp3) is 0.706. The number of rotatable bonds is 7. The van der Waals surface area contributed by atoms with Gasteiger partial charge in [0.15, 0.2) is 0 Å². The van der Waals surface area contributed by atoms with E-state index in [1.165, 1.54) is 24.0 Å². The molecule has 0 bridgehead atoms. The van der Waals surface area contributed by atoms with Crippen LogP contribution < -0.4 is 5.32 Å². The molecule has 2 rings (SSSR count). The summed E-state index contributed by atoms with van der Waals surface area (Å²) < 4.78 is 2.08. The van der Waals surface area contributed by atoms with Crippen molar-refractivity contribution in [3.63, 3.8) is 0 Å². The highest BCUT2D eigenvalue weighted by Crippen LogP contribution is 2.30. The molecule has 1 aromatic rings. The van der Waals surface area contributed by atoms with Crippen molar-refractivity contribution in [3.8, 4) is 0 Å². The van der Waals surface area contributed by atoms with Crippen LogP contribution in [-0.2, 0) is 17.8 Å². The summed E-state index contributed by atoms with van der Waals surface area (Å²) in [5.74, 6) is 0.213. The Morgan fingerprint density at radius 1 is 1.33 bits per heavy atom. The quantitative estimate of drug-likeness (QED) is 0.838. The minimum atomic E-state index is 0.213. The summed E-state index contributed by atoms with van der Waals surface area (Å²) >= 11 is 0. The van der Waals surface area contributed by atoms with Crippen molar-refractivity contribution in [2.75, 3.05) is 19.6 Å². The minimum Gasteiger partial charge on any atom is -0.344 e. The molecule has 0 radical (unpaired) electrons. The Morgan fingerprint density at radius 2 is 2.10 bits per heavy atom. The minimum absolute atomic E-state index is 0.213. The third-order valence-electron chi connectivity index (χ3n) is 4.39. The zero-order valence-electron chi connectivity index (χ0n) is 13.7. The molecular weight excluding hydrogens is 262 g/mol. The van der Waals surface area contributed by atoms with Gasteiger partial charge in [-0.05, 0) is 57.2 Å². The molecule has 1 heterocycles. The first-order chi connectivity index (χ1) is 10.2. The number of fused-ring (bicyclic) bond motifs is 1. The van der Waals surface area contributed by atoms with Crippen molar-refractivity contribution in [1.82, 2.24) is 14.8 Å². The Kier molecular flexibility index (Phi) is 5.85. The van der Waals surface area contributed by atoms with Gasteiger partial charge in [0.1, 0.15) is 6.54 Å². The number of aryl methyl sites for hydroxylation is 1. The van der Waals surface area contributed by atoms with Gasteiger partial charge in [0.25, 0.3) is 0 Å². The molecule has 0 saturated heterocycles. The van der Waals surface area contributed by atoms with Gasteiger partial charge in [-0.3, -0.25) is 4.79 Å². The highest BCUT2D eigenvalue weighted by atomic mass is 16.2. The van der Waals surface area contributed by atoms with Gasteiger partial charge in [-0.1, -0.05) is 6.92 Å². The number of carbonyl (C=O) groups excluding carboxylic acids is 1. The van der Waals surface area contributed by atoms with Crippen molar-refractivity contribution in [1.29, 1.82) is 0 Å². The van der Waals surface area contributed by atoms with Crippen LogP contribution in [0.1, 0.15) is 57.2 Å². The maximum atomic E-state index is 12.2. The van der Waals surface area contributed by atoms with Crippen LogP contribution in [0.25, 0.3) is 0 Å². The van der Waals surface area contributed by atoms with Crippen molar-refractivity contribution >= 4 is 5.91 Å². The van der Waals surface area contributed by atoms with E-state index in [1.54, 1.807) is 0 Å². The second-order valence-corrected chi connectivity index (χ2v) is 5.88. The summed E-state index contributed by atoms with van der Waals surface area (Å²) in [6.45, 7) is 9.38. The smallest absolute Gasteiger partial charge is 0.242 e. The summed E-state index contributed by atoms with van der Waals surface area (Å²) in [4.78, 5) is 14.1. The molecule has 1 unspecified atom stereocenters. The molecule has 4 nitrogen and oxygen atoms in total. The number of hydrogen-bond donors (Lipinski definition) is 1. The van der Waals surface area contributed by atoms with Crippen LogP contribution in [0.3, 0.4) is 0 Å². The predicted molar refractivity (Wildman–Crippen MR) is 86.3 cm³/mol. The number of carbonyl (C=O) groups is 1. The van der Waals surface area contributed by atoms with Gasteiger partial charge < -0.3 is 14.8 Å². The Labute approximate surface area is 128 Å². The number of amides is 1. The zero-order valence-corrected chi connectivity index (χ0v) is 13.7. The summed E-state index contributed by atoms with van der Waals surface area (Å²) in [5, 5.41) is 3.63. The average Bonchev–Trinajstić information content (AvgIpc) is 2.89. The molecule has 1 aromatic heterocycles. The molecule has 0 fully saturated rings. The average molecular weight is 291 g/mol. The Bertz CT molecular complexity index is 463. The van der Waals surface area contributed by atoms with Crippen LogP contribution >= 0.6 is 0 Å². The van der Waals surface area contributed by atoms with Gasteiger partial charge >= 0.3 is 0 Å². The standard InChI is InChI=1S/C17H29N3O/c1-4-10-18-16-9-7-8-14-11-19(12-15(14)16)13-17(21)20(5-2)6-3/h11-12,16,18H,4-10,13H2,1-3H3. The van der Waals surface area contributed by atoms with E-state index >= 15 is 0 Å². The van der Waals surface area contributed by atoms with Gasteiger partial charge in [0.2, 0.25) is 5.91 Å². The number of aromatic nitrogens is 1. The van der Waals surface area contributed by atoms with Gasteiger partial charge in [-0.2, -0.15) is 0 Å². The van der Waals surface area contributed by atoms with E-state index in [0.717, 1.165) is 32.5 Å². The number of nitrogens with zero attached hydrogens (tertiary/aromatic N) is 2. The lowest BCUT2D eigenvalue weighted by Gasteiger charge is -2.23. The Hall–Kier alpha value is -1.29. The molecule has 1 atom stereocenters. The largest absolute Gasteiger partial charge is 0.344 e. The molecule has 0 saturated carbocycles. The fourth-order valence-electron chi connectivity index (χ4n) is 3.20. The SMILES string of the molecule is CCCNC1CCCc2cn(CC(=O)N(CC)CC)cc21. The second-order valence-electron chi connectivity index (χ2n) is 5.88. The van der Waals surface area contributed by atoms with Crippen LogP contribution in [0.15, 0.2) is 12.4 Å². The zero-order chi connectivity index (χ0) is 15.2. The molecule has 118 valence electrons. The molecule has 1 aliphatic carbocycles. The molecule has 0 aliphatic heterocycles. The lowest BCUT2D eigenvalue weighted by atomic mass is 9.91. The molecule has 1 aliphatic rings. The molecule has 21 heavy (non-hydrogen) atoms. The van der Waals surface area contributed by atoms with Crippen molar-refractivity contribution < 1.29 is 4.79 Å². The van der Waals surface area contributed by atoms with E-state index < -0.39 is 0 Å². The van der Waals surface area contributed by atoms with Crippen molar-refractivity contribution in [3.05, 3.63) is 23.5 Å². The lowest BCUT2D eigenvalue weighted by Crippen LogP contribution is -2.33. The van der Waals surface area contributed by atoms with Crippen molar-refractivity contribution in [2.45, 2.75) is 59.0 Å². The normalized spacial score (nSPS) is 17.6. The molecule has 1 amide bonds. The monoisotopic (exact) mass is 291 g/mol. The van der Waals surface area contributed by atoms with Crippen LogP contribution in [0.4, 0.5) is 0 Å². The topological polar surface area (TPSA) is 37.3 Å². The molecule has 0 aromatic carbocycles. The van der Waals surface area contributed by atoms with Crippen molar-refractivity contribution in [2.24, 2.45) is 0 Å². The van der Waals surface area contributed by atoms with Crippen LogP contribution in [-0.4, -0.2) is 35.0 Å². The van der Waals surface area contributed by atoms with Gasteiger partial charge in [-0.25, -0.2) is 0 Å². The summed E-state index contributed by atoms with van der Waals surface area (Å²) in [6, 6.07) is 0.471. The second kappa shape index (κ2) is 7.64. The first-order valence-electron chi connectivity index (χ1n) is 8.39. The third-order valence-corrected chi connectivity index (χ3v) is 4.39.